The number of nitrogens with zero attached hydrogens (tertiary/aromatic N) is 3. The van der Waals surface area contributed by atoms with Gasteiger partial charge in [0, 0.05) is 16.9 Å². The number of carbonyl (C=O) groups excluding carboxylic acids is 1. The number of halogens is 1. The van der Waals surface area contributed by atoms with Crippen LogP contribution in [0.1, 0.15) is 11.3 Å². The van der Waals surface area contributed by atoms with Crippen LogP contribution in [0.25, 0.3) is 11.0 Å². The van der Waals surface area contributed by atoms with Crippen molar-refractivity contribution in [1.82, 2.24) is 14.8 Å². The maximum atomic E-state index is 12.1. The zero-order valence-electron chi connectivity index (χ0n) is 12.3. The third kappa shape index (κ3) is 3.01. The van der Waals surface area contributed by atoms with Gasteiger partial charge in [-0.05, 0) is 30.7 Å². The SMILES string of the molecule is Cc1nn(C)c2ncc(NC(=O)Cc3ccc(Br)cc3)cc12. The monoisotopic (exact) mass is 358 g/mol. The number of aromatic nitrogens is 3. The van der Waals surface area contributed by atoms with Gasteiger partial charge >= 0.3 is 0 Å². The molecular weight excluding hydrogens is 344 g/mol. The van der Waals surface area contributed by atoms with E-state index in [0.717, 1.165) is 26.8 Å². The molecule has 0 saturated carbocycles. The predicted octanol–water partition coefficient (Wildman–Crippen LogP) is 3.22. The Morgan fingerprint density at radius 2 is 2.05 bits per heavy atom. The van der Waals surface area contributed by atoms with Crippen molar-refractivity contribution in [2.75, 3.05) is 5.32 Å². The number of hydrogen-bond donors (Lipinski definition) is 1. The smallest absolute Gasteiger partial charge is 0.228 e. The van der Waals surface area contributed by atoms with Crippen LogP contribution < -0.4 is 5.32 Å². The van der Waals surface area contributed by atoms with Crippen molar-refractivity contribution in [1.29, 1.82) is 0 Å². The van der Waals surface area contributed by atoms with Gasteiger partial charge in [0.1, 0.15) is 0 Å². The van der Waals surface area contributed by atoms with E-state index in [1.807, 2.05) is 44.3 Å². The molecule has 6 heteroatoms. The van der Waals surface area contributed by atoms with Gasteiger partial charge in [-0.15, -0.1) is 0 Å². The standard InChI is InChI=1S/C16H15BrN4O/c1-10-14-8-13(9-18-16(14)21(2)20-10)19-15(22)7-11-3-5-12(17)6-4-11/h3-6,8-9H,7H2,1-2H3,(H,19,22). The molecule has 0 aliphatic carbocycles. The lowest BCUT2D eigenvalue weighted by molar-refractivity contribution is -0.115. The average molecular weight is 359 g/mol. The molecule has 0 bridgehead atoms. The second-order valence-electron chi connectivity index (χ2n) is 5.16. The summed E-state index contributed by atoms with van der Waals surface area (Å²) in [6.45, 7) is 1.93. The molecule has 0 saturated heterocycles. The minimum atomic E-state index is -0.0648. The van der Waals surface area contributed by atoms with Crippen LogP contribution in [0.15, 0.2) is 41.0 Å². The lowest BCUT2D eigenvalue weighted by Crippen LogP contribution is -2.14. The first-order chi connectivity index (χ1) is 10.5. The van der Waals surface area contributed by atoms with E-state index < -0.39 is 0 Å². The van der Waals surface area contributed by atoms with E-state index in [9.17, 15) is 4.79 Å². The molecule has 0 aliphatic rings. The lowest BCUT2D eigenvalue weighted by Gasteiger charge is -2.05. The molecule has 3 rings (SSSR count). The molecule has 1 aromatic carbocycles. The zero-order valence-corrected chi connectivity index (χ0v) is 13.9. The molecule has 3 aromatic rings. The van der Waals surface area contributed by atoms with Gasteiger partial charge in [0.15, 0.2) is 5.65 Å². The summed E-state index contributed by atoms with van der Waals surface area (Å²) in [5.74, 6) is -0.0648. The molecule has 2 heterocycles. The van der Waals surface area contributed by atoms with Crippen LogP contribution >= 0.6 is 15.9 Å². The highest BCUT2D eigenvalue weighted by atomic mass is 79.9. The highest BCUT2D eigenvalue weighted by molar-refractivity contribution is 9.10. The summed E-state index contributed by atoms with van der Waals surface area (Å²) >= 11 is 3.38. The van der Waals surface area contributed by atoms with Crippen LogP contribution in [0.2, 0.25) is 0 Å². The van der Waals surface area contributed by atoms with Gasteiger partial charge in [-0.3, -0.25) is 9.48 Å². The first-order valence-electron chi connectivity index (χ1n) is 6.86. The fourth-order valence-electron chi connectivity index (χ4n) is 2.37. The van der Waals surface area contributed by atoms with Crippen LogP contribution in [0.3, 0.4) is 0 Å². The second-order valence-corrected chi connectivity index (χ2v) is 6.07. The van der Waals surface area contributed by atoms with Gasteiger partial charge in [-0.2, -0.15) is 5.10 Å². The summed E-state index contributed by atoms with van der Waals surface area (Å²) in [5, 5.41) is 8.15. The van der Waals surface area contributed by atoms with E-state index in [0.29, 0.717) is 12.1 Å². The Morgan fingerprint density at radius 1 is 1.32 bits per heavy atom. The van der Waals surface area contributed by atoms with Crippen LogP contribution in [-0.2, 0) is 18.3 Å². The van der Waals surface area contributed by atoms with Crippen LogP contribution in [0, 0.1) is 6.92 Å². The Bertz CT molecular complexity index is 839. The number of anilines is 1. The van der Waals surface area contributed by atoms with Crippen molar-refractivity contribution in [3.8, 4) is 0 Å². The Kier molecular flexibility index (Phi) is 3.94. The maximum absolute atomic E-state index is 12.1. The molecule has 1 N–H and O–H groups in total. The molecular formula is C16H15BrN4O. The Balaban J connectivity index is 1.76. The number of carbonyl (C=O) groups is 1. The number of rotatable bonds is 3. The number of fused-ring (bicyclic) bond motifs is 1. The summed E-state index contributed by atoms with van der Waals surface area (Å²) in [7, 11) is 1.86. The first kappa shape index (κ1) is 14.7. The summed E-state index contributed by atoms with van der Waals surface area (Å²) < 4.78 is 2.73. The Labute approximate surface area is 136 Å². The Morgan fingerprint density at radius 3 is 2.77 bits per heavy atom. The number of benzene rings is 1. The molecule has 0 radical (unpaired) electrons. The quantitative estimate of drug-likeness (QED) is 0.781. The molecule has 112 valence electrons. The largest absolute Gasteiger partial charge is 0.324 e. The number of pyridine rings is 1. The van der Waals surface area contributed by atoms with Crippen LogP contribution in [0.5, 0.6) is 0 Å². The van der Waals surface area contributed by atoms with Gasteiger partial charge in [0.2, 0.25) is 5.91 Å². The third-order valence-electron chi connectivity index (χ3n) is 3.42. The van der Waals surface area contributed by atoms with E-state index in [-0.39, 0.29) is 5.91 Å². The van der Waals surface area contributed by atoms with E-state index in [1.165, 1.54) is 0 Å². The number of hydrogen-bond acceptors (Lipinski definition) is 3. The van der Waals surface area contributed by atoms with E-state index in [1.54, 1.807) is 10.9 Å². The van der Waals surface area contributed by atoms with E-state index in [4.69, 9.17) is 0 Å². The van der Waals surface area contributed by atoms with Crippen LogP contribution in [0.4, 0.5) is 5.69 Å². The average Bonchev–Trinajstić information content (AvgIpc) is 2.76. The highest BCUT2D eigenvalue weighted by Gasteiger charge is 2.09. The first-order valence-corrected chi connectivity index (χ1v) is 7.66. The van der Waals surface area contributed by atoms with Crippen molar-refractivity contribution in [3.63, 3.8) is 0 Å². The fraction of sp³-hybridized carbons (Fsp3) is 0.188. The van der Waals surface area contributed by atoms with Crippen molar-refractivity contribution in [3.05, 3.63) is 52.3 Å². The van der Waals surface area contributed by atoms with Gasteiger partial charge < -0.3 is 5.32 Å². The molecule has 0 fully saturated rings. The van der Waals surface area contributed by atoms with Crippen LogP contribution in [-0.4, -0.2) is 20.7 Å². The second kappa shape index (κ2) is 5.88. The third-order valence-corrected chi connectivity index (χ3v) is 3.95. The Hall–Kier alpha value is -2.21. The fourth-order valence-corrected chi connectivity index (χ4v) is 2.63. The topological polar surface area (TPSA) is 59.8 Å². The normalized spacial score (nSPS) is 10.9. The summed E-state index contributed by atoms with van der Waals surface area (Å²) in [5.41, 5.74) is 3.36. The molecule has 1 amide bonds. The summed E-state index contributed by atoms with van der Waals surface area (Å²) in [6, 6.07) is 9.61. The molecule has 0 unspecified atom stereocenters. The van der Waals surface area contributed by atoms with Crippen molar-refractivity contribution in [2.45, 2.75) is 13.3 Å². The zero-order chi connectivity index (χ0) is 15.7. The van der Waals surface area contributed by atoms with E-state index >= 15 is 0 Å². The number of nitrogens with one attached hydrogen (secondary N) is 1. The van der Waals surface area contributed by atoms with Crippen molar-refractivity contribution >= 4 is 38.6 Å². The molecule has 5 nitrogen and oxygen atoms in total. The van der Waals surface area contributed by atoms with Gasteiger partial charge in [0.25, 0.3) is 0 Å². The minimum absolute atomic E-state index is 0.0648. The molecule has 0 aliphatic heterocycles. The molecule has 0 spiro atoms. The van der Waals surface area contributed by atoms with Crippen molar-refractivity contribution < 1.29 is 4.79 Å². The predicted molar refractivity (Wildman–Crippen MR) is 89.7 cm³/mol. The van der Waals surface area contributed by atoms with Gasteiger partial charge in [-0.1, -0.05) is 28.1 Å². The molecule has 2 aromatic heterocycles. The highest BCUT2D eigenvalue weighted by Crippen LogP contribution is 2.19. The van der Waals surface area contributed by atoms with E-state index in [2.05, 4.69) is 31.3 Å². The number of aryl methyl sites for hydroxylation is 2. The summed E-state index contributed by atoms with van der Waals surface area (Å²) in [4.78, 5) is 16.5. The molecule has 0 atom stereocenters. The lowest BCUT2D eigenvalue weighted by atomic mass is 10.1. The summed E-state index contributed by atoms with van der Waals surface area (Å²) in [6.07, 6.45) is 1.99. The maximum Gasteiger partial charge on any atom is 0.228 e. The van der Waals surface area contributed by atoms with Gasteiger partial charge in [0.05, 0.1) is 24.0 Å². The minimum Gasteiger partial charge on any atom is -0.324 e. The molecule has 22 heavy (non-hydrogen) atoms. The number of amides is 1. The van der Waals surface area contributed by atoms with Crippen molar-refractivity contribution in [2.24, 2.45) is 7.05 Å². The van der Waals surface area contributed by atoms with Gasteiger partial charge in [-0.25, -0.2) is 4.98 Å².